The Balaban J connectivity index is 1.90. The summed E-state index contributed by atoms with van der Waals surface area (Å²) in [4.78, 5) is 12.0. The molecule has 0 spiro atoms. The number of sulfonamides is 1. The molecule has 6 nitrogen and oxygen atoms in total. The van der Waals surface area contributed by atoms with E-state index in [1.807, 2.05) is 0 Å². The molecule has 0 radical (unpaired) electrons. The van der Waals surface area contributed by atoms with Gasteiger partial charge in [-0.3, -0.25) is 4.72 Å². The highest BCUT2D eigenvalue weighted by atomic mass is 32.2. The van der Waals surface area contributed by atoms with Crippen molar-refractivity contribution in [1.82, 2.24) is 0 Å². The number of para-hydroxylation sites is 1. The zero-order valence-corrected chi connectivity index (χ0v) is 13.7. The van der Waals surface area contributed by atoms with Gasteiger partial charge in [0, 0.05) is 0 Å². The van der Waals surface area contributed by atoms with Crippen LogP contribution in [0.1, 0.15) is 10.4 Å². The molecule has 0 aromatic heterocycles. The molecule has 0 aliphatic heterocycles. The summed E-state index contributed by atoms with van der Waals surface area (Å²) in [5, 5.41) is 0. The van der Waals surface area contributed by atoms with Crippen molar-refractivity contribution in [2.45, 2.75) is 0 Å². The van der Waals surface area contributed by atoms with Gasteiger partial charge in [0.2, 0.25) is 10.0 Å². The molecule has 0 aliphatic rings. The molecule has 8 heteroatoms. The zero-order valence-electron chi connectivity index (χ0n) is 12.9. The Kier molecular flexibility index (Phi) is 5.75. The molecule has 2 aromatic carbocycles. The third kappa shape index (κ3) is 5.54. The Bertz CT molecular complexity index is 805. The quantitative estimate of drug-likeness (QED) is 0.611. The monoisotopic (exact) mass is 353 g/mol. The third-order valence-corrected chi connectivity index (χ3v) is 3.43. The second-order valence-electron chi connectivity index (χ2n) is 4.86. The van der Waals surface area contributed by atoms with Crippen LogP contribution in [0.3, 0.4) is 0 Å². The number of anilines is 1. The Morgan fingerprint density at radius 3 is 2.42 bits per heavy atom. The van der Waals surface area contributed by atoms with Crippen LogP contribution < -0.4 is 9.46 Å². The van der Waals surface area contributed by atoms with Crippen LogP contribution in [0.4, 0.5) is 10.1 Å². The largest absolute Gasteiger partial charge is 0.490 e. The van der Waals surface area contributed by atoms with Crippen LogP contribution in [0.15, 0.2) is 48.5 Å². The maximum Gasteiger partial charge on any atom is 0.340 e. The minimum absolute atomic E-state index is 0.0383. The number of carbonyl (C=O) groups is 1. The summed E-state index contributed by atoms with van der Waals surface area (Å²) < 4.78 is 48.0. The van der Waals surface area contributed by atoms with Crippen LogP contribution >= 0.6 is 0 Å². The number of benzene rings is 2. The van der Waals surface area contributed by atoms with Crippen LogP contribution in [0.2, 0.25) is 0 Å². The lowest BCUT2D eigenvalue weighted by molar-refractivity contribution is 0.0451. The van der Waals surface area contributed by atoms with Gasteiger partial charge < -0.3 is 9.47 Å². The van der Waals surface area contributed by atoms with Gasteiger partial charge in [-0.05, 0) is 36.4 Å². The first-order valence-electron chi connectivity index (χ1n) is 6.97. The van der Waals surface area contributed by atoms with Crippen LogP contribution in [0.25, 0.3) is 0 Å². The SMILES string of the molecule is CS(=O)(=O)Nc1ccccc1C(=O)OCCOc1ccc(F)cc1. The maximum absolute atomic E-state index is 12.8. The van der Waals surface area contributed by atoms with Crippen molar-refractivity contribution < 1.29 is 27.1 Å². The molecule has 1 N–H and O–H groups in total. The topological polar surface area (TPSA) is 81.7 Å². The fourth-order valence-electron chi connectivity index (χ4n) is 1.85. The van der Waals surface area contributed by atoms with E-state index in [-0.39, 0.29) is 30.3 Å². The lowest BCUT2D eigenvalue weighted by Gasteiger charge is -2.11. The molecular formula is C16H16FNO5S. The number of esters is 1. The van der Waals surface area contributed by atoms with E-state index in [2.05, 4.69) is 4.72 Å². The molecule has 24 heavy (non-hydrogen) atoms. The summed E-state index contributed by atoms with van der Waals surface area (Å²) in [5.41, 5.74) is 0.245. The van der Waals surface area contributed by atoms with Gasteiger partial charge in [0.25, 0.3) is 0 Å². The fourth-order valence-corrected chi connectivity index (χ4v) is 2.43. The van der Waals surface area contributed by atoms with Gasteiger partial charge in [-0.2, -0.15) is 0 Å². The summed E-state index contributed by atoms with van der Waals surface area (Å²) in [7, 11) is -3.51. The van der Waals surface area contributed by atoms with Crippen LogP contribution in [-0.2, 0) is 14.8 Å². The number of hydrogen-bond donors (Lipinski definition) is 1. The first kappa shape index (κ1) is 17.7. The summed E-state index contributed by atoms with van der Waals surface area (Å²) in [5.74, 6) is -0.597. The van der Waals surface area contributed by atoms with Crippen molar-refractivity contribution in [1.29, 1.82) is 0 Å². The summed E-state index contributed by atoms with van der Waals surface area (Å²) in [6, 6.07) is 11.6. The molecular weight excluding hydrogens is 337 g/mol. The Morgan fingerprint density at radius 2 is 1.75 bits per heavy atom. The molecule has 0 saturated carbocycles. The van der Waals surface area contributed by atoms with E-state index in [1.54, 1.807) is 12.1 Å². The number of ether oxygens (including phenoxy) is 2. The van der Waals surface area contributed by atoms with E-state index in [9.17, 15) is 17.6 Å². The molecule has 0 bridgehead atoms. The standard InChI is InChI=1S/C16H16FNO5S/c1-24(20,21)18-15-5-3-2-4-14(15)16(19)23-11-10-22-13-8-6-12(17)7-9-13/h2-9,18H,10-11H2,1H3. The van der Waals surface area contributed by atoms with Gasteiger partial charge >= 0.3 is 5.97 Å². The highest BCUT2D eigenvalue weighted by Gasteiger charge is 2.14. The molecule has 0 aliphatic carbocycles. The highest BCUT2D eigenvalue weighted by molar-refractivity contribution is 7.92. The van der Waals surface area contributed by atoms with E-state index in [0.717, 1.165) is 6.26 Å². The number of carbonyl (C=O) groups excluding carboxylic acids is 1. The third-order valence-electron chi connectivity index (χ3n) is 2.84. The lowest BCUT2D eigenvalue weighted by Crippen LogP contribution is -2.16. The Hall–Kier alpha value is -2.61. The Morgan fingerprint density at radius 1 is 1.08 bits per heavy atom. The first-order valence-corrected chi connectivity index (χ1v) is 8.86. The van der Waals surface area contributed by atoms with Gasteiger partial charge in [-0.1, -0.05) is 12.1 Å². The molecule has 2 rings (SSSR count). The van der Waals surface area contributed by atoms with Crippen molar-refractivity contribution in [3.63, 3.8) is 0 Å². The average Bonchev–Trinajstić information content (AvgIpc) is 2.52. The molecule has 2 aromatic rings. The number of nitrogens with one attached hydrogen (secondary N) is 1. The minimum atomic E-state index is -3.51. The first-order chi connectivity index (χ1) is 11.3. The zero-order chi connectivity index (χ0) is 17.6. The van der Waals surface area contributed by atoms with Gasteiger partial charge in [-0.25, -0.2) is 17.6 Å². The van der Waals surface area contributed by atoms with Crippen LogP contribution in [0.5, 0.6) is 5.75 Å². The second kappa shape index (κ2) is 7.78. The predicted molar refractivity (Wildman–Crippen MR) is 87.1 cm³/mol. The number of halogens is 1. The van der Waals surface area contributed by atoms with Crippen LogP contribution in [-0.4, -0.2) is 33.9 Å². The molecule has 0 atom stereocenters. The van der Waals surface area contributed by atoms with E-state index in [4.69, 9.17) is 9.47 Å². The van der Waals surface area contributed by atoms with Gasteiger partial charge in [0.05, 0.1) is 17.5 Å². The Labute approximate surface area is 139 Å². The second-order valence-corrected chi connectivity index (χ2v) is 6.61. The molecule has 0 fully saturated rings. The number of hydrogen-bond acceptors (Lipinski definition) is 5. The van der Waals surface area contributed by atoms with Crippen molar-refractivity contribution in [3.8, 4) is 5.75 Å². The van der Waals surface area contributed by atoms with Gasteiger partial charge in [0.15, 0.2) is 0 Å². The summed E-state index contributed by atoms with van der Waals surface area (Å²) in [6.07, 6.45) is 0.992. The van der Waals surface area contributed by atoms with Crippen molar-refractivity contribution in [3.05, 3.63) is 59.9 Å². The molecule has 0 heterocycles. The maximum atomic E-state index is 12.8. The van der Waals surface area contributed by atoms with E-state index < -0.39 is 16.0 Å². The van der Waals surface area contributed by atoms with E-state index >= 15 is 0 Å². The molecule has 128 valence electrons. The fraction of sp³-hybridized carbons (Fsp3) is 0.188. The lowest BCUT2D eigenvalue weighted by atomic mass is 10.2. The van der Waals surface area contributed by atoms with Crippen molar-refractivity contribution in [2.75, 3.05) is 24.2 Å². The number of rotatable bonds is 7. The summed E-state index contributed by atoms with van der Waals surface area (Å²) >= 11 is 0. The van der Waals surface area contributed by atoms with E-state index in [0.29, 0.717) is 5.75 Å². The van der Waals surface area contributed by atoms with Crippen LogP contribution in [0, 0.1) is 5.82 Å². The van der Waals surface area contributed by atoms with E-state index in [1.165, 1.54) is 36.4 Å². The van der Waals surface area contributed by atoms with Crippen molar-refractivity contribution in [2.24, 2.45) is 0 Å². The predicted octanol–water partition coefficient (Wildman–Crippen LogP) is 2.43. The molecule has 0 saturated heterocycles. The van der Waals surface area contributed by atoms with Gasteiger partial charge in [-0.15, -0.1) is 0 Å². The normalized spacial score (nSPS) is 10.9. The minimum Gasteiger partial charge on any atom is -0.490 e. The molecule has 0 unspecified atom stereocenters. The summed E-state index contributed by atoms with van der Waals surface area (Å²) in [6.45, 7) is 0.0441. The average molecular weight is 353 g/mol. The molecule has 0 amide bonds. The highest BCUT2D eigenvalue weighted by Crippen LogP contribution is 2.17. The van der Waals surface area contributed by atoms with Gasteiger partial charge in [0.1, 0.15) is 24.8 Å². The smallest absolute Gasteiger partial charge is 0.340 e. The van der Waals surface area contributed by atoms with Crippen molar-refractivity contribution >= 4 is 21.7 Å².